The van der Waals surface area contributed by atoms with Crippen LogP contribution in [0, 0.1) is 5.82 Å². The fourth-order valence-electron chi connectivity index (χ4n) is 2.82. The summed E-state index contributed by atoms with van der Waals surface area (Å²) < 4.78 is 24.7. The van der Waals surface area contributed by atoms with E-state index >= 15 is 0 Å². The Bertz CT molecular complexity index is 1010. The molecular formula is C21H18FN3O3. The molecule has 0 saturated heterocycles. The zero-order valence-electron chi connectivity index (χ0n) is 14.9. The second-order valence-electron chi connectivity index (χ2n) is 6.22. The summed E-state index contributed by atoms with van der Waals surface area (Å²) in [6.45, 7) is 1.28. The first kappa shape index (κ1) is 17.8. The molecule has 0 atom stereocenters. The van der Waals surface area contributed by atoms with E-state index in [2.05, 4.69) is 15.6 Å². The van der Waals surface area contributed by atoms with Gasteiger partial charge in [-0.15, -0.1) is 0 Å². The second-order valence-corrected chi connectivity index (χ2v) is 6.22. The van der Waals surface area contributed by atoms with Crippen molar-refractivity contribution in [3.63, 3.8) is 0 Å². The molecule has 28 heavy (non-hydrogen) atoms. The van der Waals surface area contributed by atoms with E-state index in [1.165, 1.54) is 12.3 Å². The first-order chi connectivity index (χ1) is 13.7. The Balaban J connectivity index is 1.43. The largest absolute Gasteiger partial charge is 0.486 e. The topological polar surface area (TPSA) is 72.5 Å². The number of pyridine rings is 1. The van der Waals surface area contributed by atoms with E-state index < -0.39 is 0 Å². The van der Waals surface area contributed by atoms with Crippen LogP contribution in [0.2, 0.25) is 0 Å². The van der Waals surface area contributed by atoms with Gasteiger partial charge in [-0.3, -0.25) is 9.78 Å². The number of hydrogen-bond acceptors (Lipinski definition) is 5. The second kappa shape index (κ2) is 7.96. The van der Waals surface area contributed by atoms with Crippen molar-refractivity contribution in [1.82, 2.24) is 4.98 Å². The van der Waals surface area contributed by atoms with Crippen LogP contribution >= 0.6 is 0 Å². The Labute approximate surface area is 161 Å². The normalized spacial score (nSPS) is 12.3. The number of amides is 1. The summed E-state index contributed by atoms with van der Waals surface area (Å²) in [4.78, 5) is 16.6. The number of nitrogens with zero attached hydrogens (tertiary/aromatic N) is 1. The summed E-state index contributed by atoms with van der Waals surface area (Å²) >= 11 is 0. The summed E-state index contributed by atoms with van der Waals surface area (Å²) in [5, 5.41) is 5.90. The van der Waals surface area contributed by atoms with Crippen molar-refractivity contribution in [2.75, 3.05) is 23.8 Å². The number of nitrogens with one attached hydrogen (secondary N) is 2. The first-order valence-electron chi connectivity index (χ1n) is 8.82. The van der Waals surface area contributed by atoms with Crippen LogP contribution in [0.1, 0.15) is 15.9 Å². The van der Waals surface area contributed by atoms with E-state index in [0.717, 1.165) is 0 Å². The molecule has 2 heterocycles. The quantitative estimate of drug-likeness (QED) is 0.704. The molecule has 0 spiro atoms. The zero-order chi connectivity index (χ0) is 19.3. The van der Waals surface area contributed by atoms with Crippen LogP contribution in [-0.4, -0.2) is 24.1 Å². The molecular weight excluding hydrogens is 361 g/mol. The minimum absolute atomic E-state index is 0.282. The van der Waals surface area contributed by atoms with Gasteiger partial charge in [0.1, 0.15) is 19.0 Å². The summed E-state index contributed by atoms with van der Waals surface area (Å²) in [6.07, 6.45) is 3.06. The fraction of sp³-hybridized carbons (Fsp3) is 0.143. The third-order valence-corrected chi connectivity index (χ3v) is 4.24. The predicted octanol–water partition coefficient (Wildman–Crippen LogP) is 3.86. The molecule has 0 bridgehead atoms. The molecule has 0 aliphatic carbocycles. The van der Waals surface area contributed by atoms with Crippen molar-refractivity contribution < 1.29 is 18.7 Å². The number of anilines is 2. The van der Waals surface area contributed by atoms with Gasteiger partial charge < -0.3 is 20.1 Å². The van der Waals surface area contributed by atoms with Crippen molar-refractivity contribution in [3.8, 4) is 11.5 Å². The van der Waals surface area contributed by atoms with E-state index in [4.69, 9.17) is 9.47 Å². The Hall–Kier alpha value is -3.61. The van der Waals surface area contributed by atoms with E-state index in [1.807, 2.05) is 0 Å². The standard InChI is InChI=1S/C21H18FN3O3/c22-18-4-2-1-3-14(18)12-24-17-9-15(11-23-13-17)21(26)25-16-5-6-19-20(10-16)28-8-7-27-19/h1-6,9-11,13,24H,7-8,12H2,(H,25,26). The monoisotopic (exact) mass is 379 g/mol. The predicted molar refractivity (Wildman–Crippen MR) is 103 cm³/mol. The molecule has 0 unspecified atom stereocenters. The van der Waals surface area contributed by atoms with E-state index in [9.17, 15) is 9.18 Å². The van der Waals surface area contributed by atoms with Crippen LogP contribution in [0.5, 0.6) is 11.5 Å². The van der Waals surface area contributed by atoms with Gasteiger partial charge in [-0.2, -0.15) is 0 Å². The number of halogens is 1. The van der Waals surface area contributed by atoms with Crippen LogP contribution in [-0.2, 0) is 6.54 Å². The summed E-state index contributed by atoms with van der Waals surface area (Å²) in [5.74, 6) is 0.668. The lowest BCUT2D eigenvalue weighted by Gasteiger charge is -2.19. The maximum absolute atomic E-state index is 13.7. The van der Waals surface area contributed by atoms with Gasteiger partial charge in [-0.05, 0) is 24.3 Å². The molecule has 2 N–H and O–H groups in total. The van der Waals surface area contributed by atoms with Gasteiger partial charge in [0.05, 0.1) is 11.3 Å². The lowest BCUT2D eigenvalue weighted by atomic mass is 10.2. The van der Waals surface area contributed by atoms with Crippen LogP contribution in [0.4, 0.5) is 15.8 Å². The van der Waals surface area contributed by atoms with Gasteiger partial charge >= 0.3 is 0 Å². The Morgan fingerprint density at radius 3 is 2.68 bits per heavy atom. The Morgan fingerprint density at radius 2 is 1.82 bits per heavy atom. The van der Waals surface area contributed by atoms with Gasteiger partial charge in [-0.25, -0.2) is 4.39 Å². The molecule has 2 aromatic carbocycles. The average molecular weight is 379 g/mol. The van der Waals surface area contributed by atoms with Crippen molar-refractivity contribution >= 4 is 17.3 Å². The SMILES string of the molecule is O=C(Nc1ccc2c(c1)OCCO2)c1cncc(NCc2ccccc2F)c1. The Kier molecular flexibility index (Phi) is 5.05. The van der Waals surface area contributed by atoms with Gasteiger partial charge in [0.2, 0.25) is 0 Å². The summed E-state index contributed by atoms with van der Waals surface area (Å²) in [6, 6.07) is 13.4. The molecule has 0 saturated carbocycles. The van der Waals surface area contributed by atoms with E-state index in [0.29, 0.717) is 53.8 Å². The molecule has 0 radical (unpaired) electrons. The van der Waals surface area contributed by atoms with E-state index in [-0.39, 0.29) is 11.7 Å². The molecule has 1 aliphatic heterocycles. The van der Waals surface area contributed by atoms with Crippen LogP contribution in [0.15, 0.2) is 60.9 Å². The highest BCUT2D eigenvalue weighted by molar-refractivity contribution is 6.04. The highest BCUT2D eigenvalue weighted by Crippen LogP contribution is 2.32. The molecule has 0 fully saturated rings. The summed E-state index contributed by atoms with van der Waals surface area (Å²) in [7, 11) is 0. The summed E-state index contributed by atoms with van der Waals surface area (Å²) in [5.41, 5.74) is 2.14. The van der Waals surface area contributed by atoms with Crippen molar-refractivity contribution in [2.45, 2.75) is 6.54 Å². The molecule has 7 heteroatoms. The molecule has 1 aliphatic rings. The third-order valence-electron chi connectivity index (χ3n) is 4.24. The number of carbonyl (C=O) groups excluding carboxylic acids is 1. The smallest absolute Gasteiger partial charge is 0.257 e. The fourth-order valence-corrected chi connectivity index (χ4v) is 2.82. The maximum Gasteiger partial charge on any atom is 0.257 e. The number of rotatable bonds is 5. The van der Waals surface area contributed by atoms with Crippen molar-refractivity contribution in [1.29, 1.82) is 0 Å². The first-order valence-corrected chi connectivity index (χ1v) is 8.82. The number of hydrogen-bond donors (Lipinski definition) is 2. The van der Waals surface area contributed by atoms with E-state index in [1.54, 1.807) is 48.7 Å². The molecule has 1 aromatic heterocycles. The van der Waals surface area contributed by atoms with Gasteiger partial charge in [0.25, 0.3) is 5.91 Å². The molecule has 1 amide bonds. The van der Waals surface area contributed by atoms with Gasteiger partial charge in [-0.1, -0.05) is 18.2 Å². The van der Waals surface area contributed by atoms with Gasteiger partial charge in [0.15, 0.2) is 11.5 Å². The number of fused-ring (bicyclic) bond motifs is 1. The molecule has 6 nitrogen and oxygen atoms in total. The van der Waals surface area contributed by atoms with Gasteiger partial charge in [0, 0.05) is 36.3 Å². The number of carbonyl (C=O) groups is 1. The molecule has 4 rings (SSSR count). The number of benzene rings is 2. The minimum Gasteiger partial charge on any atom is -0.486 e. The van der Waals surface area contributed by atoms with Crippen LogP contribution < -0.4 is 20.1 Å². The number of aromatic nitrogens is 1. The Morgan fingerprint density at radius 1 is 1.00 bits per heavy atom. The number of ether oxygens (including phenoxy) is 2. The molecule has 142 valence electrons. The zero-order valence-corrected chi connectivity index (χ0v) is 14.9. The lowest BCUT2D eigenvalue weighted by molar-refractivity contribution is 0.102. The maximum atomic E-state index is 13.7. The van der Waals surface area contributed by atoms with Crippen molar-refractivity contribution in [2.24, 2.45) is 0 Å². The molecule has 3 aromatic rings. The van der Waals surface area contributed by atoms with Crippen molar-refractivity contribution in [3.05, 3.63) is 77.9 Å². The van der Waals surface area contributed by atoms with Crippen LogP contribution in [0.25, 0.3) is 0 Å². The average Bonchev–Trinajstić information content (AvgIpc) is 2.73. The van der Waals surface area contributed by atoms with Crippen LogP contribution in [0.3, 0.4) is 0 Å². The highest BCUT2D eigenvalue weighted by atomic mass is 19.1. The highest BCUT2D eigenvalue weighted by Gasteiger charge is 2.14. The lowest BCUT2D eigenvalue weighted by Crippen LogP contribution is -2.16. The minimum atomic E-state index is -0.307. The third kappa shape index (κ3) is 4.03.